The summed E-state index contributed by atoms with van der Waals surface area (Å²) in [5, 5.41) is 4.61. The zero-order valence-electron chi connectivity index (χ0n) is 12.6. The number of fused-ring (bicyclic) bond motifs is 6. The Morgan fingerprint density at radius 2 is 2.00 bits per heavy atom. The molecule has 0 saturated carbocycles. The van der Waals surface area contributed by atoms with Gasteiger partial charge in [0.25, 0.3) is 0 Å². The van der Waals surface area contributed by atoms with Crippen LogP contribution in [0.2, 0.25) is 0 Å². The number of nitrogens with zero attached hydrogens (tertiary/aromatic N) is 5. The van der Waals surface area contributed by atoms with Gasteiger partial charge >= 0.3 is 0 Å². The first-order chi connectivity index (χ1) is 11.2. The molecule has 6 heteroatoms. The molecule has 23 heavy (non-hydrogen) atoms. The molecule has 0 spiro atoms. The summed E-state index contributed by atoms with van der Waals surface area (Å²) < 4.78 is 1.13. The number of pyridine rings is 1. The van der Waals surface area contributed by atoms with E-state index in [2.05, 4.69) is 61.0 Å². The summed E-state index contributed by atoms with van der Waals surface area (Å²) in [6.45, 7) is 3.91. The van der Waals surface area contributed by atoms with Crippen molar-refractivity contribution >= 4 is 38.6 Å². The summed E-state index contributed by atoms with van der Waals surface area (Å²) in [4.78, 5) is 13.6. The van der Waals surface area contributed by atoms with E-state index in [-0.39, 0.29) is 0 Å². The molecule has 0 radical (unpaired) electrons. The van der Waals surface area contributed by atoms with Crippen LogP contribution in [0.5, 0.6) is 0 Å². The molecule has 5 rings (SSSR count). The molecule has 0 saturated heterocycles. The Kier molecular flexibility index (Phi) is 2.68. The third-order valence-electron chi connectivity index (χ3n) is 4.72. The van der Waals surface area contributed by atoms with E-state index >= 15 is 0 Å². The Balaban J connectivity index is 1.70. The highest BCUT2D eigenvalue weighted by atomic mass is 79.9. The van der Waals surface area contributed by atoms with Crippen LogP contribution < -0.4 is 10.0 Å². The zero-order chi connectivity index (χ0) is 15.6. The molecule has 1 aromatic carbocycles. The number of anilines is 2. The minimum atomic E-state index is 0.729. The van der Waals surface area contributed by atoms with Crippen molar-refractivity contribution in [3.05, 3.63) is 51.8 Å². The predicted octanol–water partition coefficient (Wildman–Crippen LogP) is 3.39. The Bertz CT molecular complexity index is 955. The van der Waals surface area contributed by atoms with Gasteiger partial charge in [0, 0.05) is 29.0 Å². The molecule has 0 N–H and O–H groups in total. The quantitative estimate of drug-likeness (QED) is 0.609. The van der Waals surface area contributed by atoms with Crippen LogP contribution >= 0.6 is 15.9 Å². The number of rotatable bonds is 0. The van der Waals surface area contributed by atoms with Gasteiger partial charge in [-0.15, -0.1) is 0 Å². The maximum Gasteiger partial charge on any atom is 0.180 e. The van der Waals surface area contributed by atoms with Gasteiger partial charge in [-0.25, -0.2) is 9.97 Å². The largest absolute Gasteiger partial charge is 0.279 e. The van der Waals surface area contributed by atoms with Crippen LogP contribution in [-0.4, -0.2) is 21.5 Å². The topological polar surface area (TPSA) is 45.2 Å². The maximum atomic E-state index is 4.79. The second kappa shape index (κ2) is 4.64. The van der Waals surface area contributed by atoms with Gasteiger partial charge in [0.15, 0.2) is 11.5 Å². The van der Waals surface area contributed by atoms with Gasteiger partial charge in [-0.1, -0.05) is 15.9 Å². The highest BCUT2D eigenvalue weighted by Crippen LogP contribution is 2.41. The van der Waals surface area contributed by atoms with E-state index in [1.54, 1.807) is 12.4 Å². The molecule has 0 fully saturated rings. The van der Waals surface area contributed by atoms with E-state index in [4.69, 9.17) is 4.98 Å². The monoisotopic (exact) mass is 367 g/mol. The molecule has 0 atom stereocenters. The van der Waals surface area contributed by atoms with E-state index < -0.39 is 0 Å². The van der Waals surface area contributed by atoms with Crippen molar-refractivity contribution in [2.75, 3.05) is 16.6 Å². The first-order valence-electron chi connectivity index (χ1n) is 7.66. The lowest BCUT2D eigenvalue weighted by atomic mass is 10.1. The summed E-state index contributed by atoms with van der Waals surface area (Å²) in [6.07, 6.45) is 4.46. The second-order valence-corrected chi connectivity index (χ2v) is 6.89. The van der Waals surface area contributed by atoms with Gasteiger partial charge in [0.1, 0.15) is 5.52 Å². The normalized spacial score (nSPS) is 15.6. The SMILES string of the molecule is Cc1c2c(nc3nccnc13)N1CCc3cc(Br)ccc3N1C2. The maximum absolute atomic E-state index is 4.79. The fourth-order valence-electron chi connectivity index (χ4n) is 3.58. The van der Waals surface area contributed by atoms with Crippen LogP contribution in [0.3, 0.4) is 0 Å². The van der Waals surface area contributed by atoms with Crippen molar-refractivity contribution in [3.8, 4) is 0 Å². The summed E-state index contributed by atoms with van der Waals surface area (Å²) in [7, 11) is 0. The van der Waals surface area contributed by atoms with Crippen molar-refractivity contribution in [1.82, 2.24) is 15.0 Å². The third-order valence-corrected chi connectivity index (χ3v) is 5.22. The molecule has 5 nitrogen and oxygen atoms in total. The van der Waals surface area contributed by atoms with E-state index in [9.17, 15) is 0 Å². The summed E-state index contributed by atoms with van der Waals surface area (Å²) in [6, 6.07) is 6.50. The number of benzene rings is 1. The van der Waals surface area contributed by atoms with Crippen LogP contribution in [0.4, 0.5) is 11.5 Å². The smallest absolute Gasteiger partial charge is 0.180 e. The van der Waals surface area contributed by atoms with Gasteiger partial charge in [-0.2, -0.15) is 0 Å². The fourth-order valence-corrected chi connectivity index (χ4v) is 3.99. The minimum Gasteiger partial charge on any atom is -0.279 e. The summed E-state index contributed by atoms with van der Waals surface area (Å²) in [5.41, 5.74) is 6.72. The zero-order valence-corrected chi connectivity index (χ0v) is 14.2. The Hall–Kier alpha value is -2.21. The molecule has 0 bridgehead atoms. The number of hydrogen-bond donors (Lipinski definition) is 0. The van der Waals surface area contributed by atoms with Crippen molar-refractivity contribution in [2.45, 2.75) is 19.9 Å². The van der Waals surface area contributed by atoms with Crippen molar-refractivity contribution in [1.29, 1.82) is 0 Å². The molecular weight excluding hydrogens is 354 g/mol. The standard InChI is InChI=1S/C17H14BrN5/c1-10-13-9-23-14-3-2-12(18)8-11(14)4-7-22(23)17(13)21-16-15(10)19-5-6-20-16/h2-3,5-6,8H,4,7,9H2,1H3. The molecular formula is C17H14BrN5. The lowest BCUT2D eigenvalue weighted by molar-refractivity contribution is 0.706. The van der Waals surface area contributed by atoms with Gasteiger partial charge in [-0.3, -0.25) is 15.0 Å². The first-order valence-corrected chi connectivity index (χ1v) is 8.45. The molecule has 4 heterocycles. The molecule has 0 unspecified atom stereocenters. The number of aromatic nitrogens is 3. The first kappa shape index (κ1) is 13.2. The van der Waals surface area contributed by atoms with Gasteiger partial charge in [0.2, 0.25) is 0 Å². The van der Waals surface area contributed by atoms with Gasteiger partial charge in [0.05, 0.1) is 12.2 Å². The summed E-state index contributed by atoms with van der Waals surface area (Å²) >= 11 is 3.57. The molecule has 3 aromatic rings. The Morgan fingerprint density at radius 1 is 1.13 bits per heavy atom. The van der Waals surface area contributed by atoms with Crippen molar-refractivity contribution in [2.24, 2.45) is 0 Å². The van der Waals surface area contributed by atoms with E-state index in [0.717, 1.165) is 41.0 Å². The van der Waals surface area contributed by atoms with E-state index in [1.165, 1.54) is 22.4 Å². The minimum absolute atomic E-state index is 0.729. The molecule has 2 aliphatic rings. The van der Waals surface area contributed by atoms with Crippen LogP contribution in [0.25, 0.3) is 11.2 Å². The number of aryl methyl sites for hydroxylation is 1. The predicted molar refractivity (Wildman–Crippen MR) is 93.4 cm³/mol. The highest BCUT2D eigenvalue weighted by molar-refractivity contribution is 9.10. The molecule has 0 amide bonds. The van der Waals surface area contributed by atoms with E-state index in [1.807, 2.05) is 0 Å². The number of hydrazine groups is 1. The van der Waals surface area contributed by atoms with Gasteiger partial charge in [-0.05, 0) is 42.7 Å². The Morgan fingerprint density at radius 3 is 2.91 bits per heavy atom. The van der Waals surface area contributed by atoms with Crippen LogP contribution in [0.1, 0.15) is 16.7 Å². The van der Waals surface area contributed by atoms with Gasteiger partial charge < -0.3 is 0 Å². The fraction of sp³-hybridized carbons (Fsp3) is 0.235. The van der Waals surface area contributed by atoms with Crippen molar-refractivity contribution in [3.63, 3.8) is 0 Å². The van der Waals surface area contributed by atoms with Crippen LogP contribution in [0, 0.1) is 6.92 Å². The van der Waals surface area contributed by atoms with Crippen LogP contribution in [-0.2, 0) is 13.0 Å². The van der Waals surface area contributed by atoms with E-state index in [0.29, 0.717) is 0 Å². The molecule has 2 aromatic heterocycles. The molecule has 114 valence electrons. The average Bonchev–Trinajstić information content (AvgIpc) is 2.94. The van der Waals surface area contributed by atoms with Crippen LogP contribution in [0.15, 0.2) is 35.1 Å². The Labute approximate surface area is 142 Å². The number of hydrogen-bond acceptors (Lipinski definition) is 5. The molecule has 2 aliphatic heterocycles. The molecule has 0 aliphatic carbocycles. The third kappa shape index (κ3) is 1.81. The average molecular weight is 368 g/mol. The lowest BCUT2D eigenvalue weighted by Crippen LogP contribution is -2.43. The highest BCUT2D eigenvalue weighted by Gasteiger charge is 2.35. The number of halogens is 1. The lowest BCUT2D eigenvalue weighted by Gasteiger charge is -2.37. The van der Waals surface area contributed by atoms with Crippen molar-refractivity contribution < 1.29 is 0 Å². The second-order valence-electron chi connectivity index (χ2n) is 5.97. The summed E-state index contributed by atoms with van der Waals surface area (Å²) in [5.74, 6) is 1.03.